The molecule has 0 fully saturated rings. The van der Waals surface area contributed by atoms with E-state index >= 15 is 0 Å². The van der Waals surface area contributed by atoms with Crippen LogP contribution < -0.4 is 5.32 Å². The van der Waals surface area contributed by atoms with Crippen LogP contribution in [0.5, 0.6) is 0 Å². The maximum atomic E-state index is 4.59. The number of benzene rings is 1. The van der Waals surface area contributed by atoms with E-state index in [9.17, 15) is 0 Å². The van der Waals surface area contributed by atoms with Gasteiger partial charge in [-0.15, -0.1) is 0 Å². The van der Waals surface area contributed by atoms with E-state index in [1.807, 2.05) is 11.7 Å². The third kappa shape index (κ3) is 3.73. The highest BCUT2D eigenvalue weighted by molar-refractivity contribution is 5.35. The molecule has 2 aromatic rings. The predicted octanol–water partition coefficient (Wildman–Crippen LogP) is 3.63. The molecule has 1 aromatic heterocycles. The molecule has 1 unspecified atom stereocenters. The van der Waals surface area contributed by atoms with Crippen molar-refractivity contribution in [1.82, 2.24) is 15.1 Å². The summed E-state index contributed by atoms with van der Waals surface area (Å²) in [6.07, 6.45) is 5.44. The van der Waals surface area contributed by atoms with Crippen molar-refractivity contribution < 1.29 is 0 Å². The minimum atomic E-state index is 0.232. The molecule has 0 saturated carbocycles. The Hall–Kier alpha value is -1.61. The van der Waals surface area contributed by atoms with Gasteiger partial charge in [-0.2, -0.15) is 5.10 Å². The summed E-state index contributed by atoms with van der Waals surface area (Å²) >= 11 is 0. The number of nitrogens with zero attached hydrogens (tertiary/aromatic N) is 2. The number of aryl methyl sites for hydroxylation is 3. The van der Waals surface area contributed by atoms with Crippen molar-refractivity contribution in [2.45, 2.75) is 46.1 Å². The predicted molar refractivity (Wildman–Crippen MR) is 88.5 cm³/mol. The molecule has 0 aliphatic carbocycles. The van der Waals surface area contributed by atoms with Crippen molar-refractivity contribution >= 4 is 0 Å². The maximum Gasteiger partial charge on any atom is 0.0673 e. The van der Waals surface area contributed by atoms with E-state index in [0.29, 0.717) is 0 Å². The van der Waals surface area contributed by atoms with Gasteiger partial charge in [-0.3, -0.25) is 4.68 Å². The van der Waals surface area contributed by atoms with Gasteiger partial charge < -0.3 is 5.32 Å². The zero-order valence-corrected chi connectivity index (χ0v) is 13.7. The second-order valence-corrected chi connectivity index (χ2v) is 5.54. The fourth-order valence-electron chi connectivity index (χ4n) is 2.90. The van der Waals surface area contributed by atoms with E-state index in [4.69, 9.17) is 0 Å². The Balaban J connectivity index is 2.40. The number of hydrogen-bond donors (Lipinski definition) is 1. The second kappa shape index (κ2) is 7.41. The zero-order chi connectivity index (χ0) is 15.2. The van der Waals surface area contributed by atoms with Crippen molar-refractivity contribution in [3.8, 4) is 0 Å². The molecule has 0 saturated heterocycles. The number of rotatable bonds is 7. The molecule has 0 spiro atoms. The van der Waals surface area contributed by atoms with Crippen LogP contribution in [0, 0.1) is 0 Å². The molecule has 114 valence electrons. The minimum absolute atomic E-state index is 0.232. The SMILES string of the molecule is CCCc1cccc(C(NCC)c2cn(C)nc2CC)c1. The Labute approximate surface area is 128 Å². The molecule has 1 N–H and O–H groups in total. The molecule has 0 bridgehead atoms. The summed E-state index contributed by atoms with van der Waals surface area (Å²) in [5.41, 5.74) is 5.24. The fourth-order valence-corrected chi connectivity index (χ4v) is 2.90. The Morgan fingerprint density at radius 2 is 2.05 bits per heavy atom. The molecule has 0 amide bonds. The van der Waals surface area contributed by atoms with Crippen molar-refractivity contribution in [1.29, 1.82) is 0 Å². The third-order valence-electron chi connectivity index (χ3n) is 3.81. The highest BCUT2D eigenvalue weighted by Crippen LogP contribution is 2.26. The minimum Gasteiger partial charge on any atom is -0.306 e. The summed E-state index contributed by atoms with van der Waals surface area (Å²) in [7, 11) is 2.00. The Morgan fingerprint density at radius 1 is 1.24 bits per heavy atom. The Morgan fingerprint density at radius 3 is 2.71 bits per heavy atom. The monoisotopic (exact) mass is 285 g/mol. The molecule has 0 aliphatic heterocycles. The smallest absolute Gasteiger partial charge is 0.0673 e. The Kier molecular flexibility index (Phi) is 5.57. The van der Waals surface area contributed by atoms with Crippen molar-refractivity contribution in [2.24, 2.45) is 7.05 Å². The molecule has 1 atom stereocenters. The van der Waals surface area contributed by atoms with E-state index in [1.165, 1.54) is 28.8 Å². The lowest BCUT2D eigenvalue weighted by molar-refractivity contribution is 0.624. The van der Waals surface area contributed by atoms with Crippen LogP contribution in [0.15, 0.2) is 30.5 Å². The molecule has 3 nitrogen and oxygen atoms in total. The van der Waals surface area contributed by atoms with Gasteiger partial charge in [0.15, 0.2) is 0 Å². The molecule has 1 aromatic carbocycles. The van der Waals surface area contributed by atoms with E-state index in [-0.39, 0.29) is 6.04 Å². The number of aromatic nitrogens is 2. The van der Waals surface area contributed by atoms with Crippen molar-refractivity contribution in [3.05, 3.63) is 52.8 Å². The average Bonchev–Trinajstić information content (AvgIpc) is 2.86. The highest BCUT2D eigenvalue weighted by atomic mass is 15.3. The van der Waals surface area contributed by atoms with Crippen LogP contribution in [0.4, 0.5) is 0 Å². The van der Waals surface area contributed by atoms with Gasteiger partial charge in [-0.25, -0.2) is 0 Å². The van der Waals surface area contributed by atoms with Gasteiger partial charge >= 0.3 is 0 Å². The largest absolute Gasteiger partial charge is 0.306 e. The van der Waals surface area contributed by atoms with Crippen molar-refractivity contribution in [3.63, 3.8) is 0 Å². The third-order valence-corrected chi connectivity index (χ3v) is 3.81. The van der Waals surface area contributed by atoms with Crippen LogP contribution in [-0.4, -0.2) is 16.3 Å². The van der Waals surface area contributed by atoms with E-state index < -0.39 is 0 Å². The summed E-state index contributed by atoms with van der Waals surface area (Å²) in [6.45, 7) is 7.50. The summed E-state index contributed by atoms with van der Waals surface area (Å²) in [6, 6.07) is 9.19. The lowest BCUT2D eigenvalue weighted by Gasteiger charge is -2.19. The molecule has 0 aliphatic rings. The molecular weight excluding hydrogens is 258 g/mol. The van der Waals surface area contributed by atoms with Gasteiger partial charge in [-0.05, 0) is 30.5 Å². The first-order valence-electron chi connectivity index (χ1n) is 8.04. The topological polar surface area (TPSA) is 29.9 Å². The van der Waals surface area contributed by atoms with Crippen LogP contribution in [0.1, 0.15) is 55.6 Å². The zero-order valence-electron chi connectivity index (χ0n) is 13.7. The summed E-state index contributed by atoms with van der Waals surface area (Å²) in [5, 5.41) is 8.21. The van der Waals surface area contributed by atoms with Gasteiger partial charge in [0.2, 0.25) is 0 Å². The molecular formula is C18H27N3. The molecule has 21 heavy (non-hydrogen) atoms. The Bertz CT molecular complexity index is 572. The first-order chi connectivity index (χ1) is 10.2. The first kappa shape index (κ1) is 15.8. The van der Waals surface area contributed by atoms with Crippen LogP contribution in [0.3, 0.4) is 0 Å². The van der Waals surface area contributed by atoms with E-state index in [0.717, 1.165) is 19.4 Å². The van der Waals surface area contributed by atoms with Crippen molar-refractivity contribution in [2.75, 3.05) is 6.54 Å². The second-order valence-electron chi connectivity index (χ2n) is 5.54. The highest BCUT2D eigenvalue weighted by Gasteiger charge is 2.19. The van der Waals surface area contributed by atoms with Gasteiger partial charge in [0.25, 0.3) is 0 Å². The number of hydrogen-bond acceptors (Lipinski definition) is 2. The lowest BCUT2D eigenvalue weighted by atomic mass is 9.95. The van der Waals surface area contributed by atoms with Gasteiger partial charge in [-0.1, -0.05) is 51.5 Å². The maximum absolute atomic E-state index is 4.59. The average molecular weight is 285 g/mol. The summed E-state index contributed by atoms with van der Waals surface area (Å²) in [5.74, 6) is 0. The standard InChI is InChI=1S/C18H27N3/c1-5-9-14-10-8-11-15(12-14)18(19-7-3)16-13-21(4)20-17(16)6-2/h8,10-13,18-19H,5-7,9H2,1-4H3. The quantitative estimate of drug-likeness (QED) is 0.842. The molecule has 0 radical (unpaired) electrons. The lowest BCUT2D eigenvalue weighted by Crippen LogP contribution is -2.22. The molecule has 3 heteroatoms. The van der Waals surface area contributed by atoms with Crippen LogP contribution in [-0.2, 0) is 19.9 Å². The normalized spacial score (nSPS) is 12.6. The van der Waals surface area contributed by atoms with E-state index in [2.05, 4.69) is 61.6 Å². The van der Waals surface area contributed by atoms with Crippen LogP contribution in [0.25, 0.3) is 0 Å². The van der Waals surface area contributed by atoms with Gasteiger partial charge in [0.1, 0.15) is 0 Å². The van der Waals surface area contributed by atoms with Crippen LogP contribution >= 0.6 is 0 Å². The van der Waals surface area contributed by atoms with Crippen LogP contribution in [0.2, 0.25) is 0 Å². The number of nitrogens with one attached hydrogen (secondary N) is 1. The molecule has 1 heterocycles. The fraction of sp³-hybridized carbons (Fsp3) is 0.500. The summed E-state index contributed by atoms with van der Waals surface area (Å²) in [4.78, 5) is 0. The van der Waals surface area contributed by atoms with Gasteiger partial charge in [0.05, 0.1) is 11.7 Å². The van der Waals surface area contributed by atoms with E-state index in [1.54, 1.807) is 0 Å². The molecule has 2 rings (SSSR count). The first-order valence-corrected chi connectivity index (χ1v) is 8.04. The van der Waals surface area contributed by atoms with Gasteiger partial charge in [0, 0.05) is 18.8 Å². The summed E-state index contributed by atoms with van der Waals surface area (Å²) < 4.78 is 1.93.